The summed E-state index contributed by atoms with van der Waals surface area (Å²) in [6.45, 7) is 2.81. The number of nitriles is 1. The van der Waals surface area contributed by atoms with Crippen LogP contribution in [0.1, 0.15) is 22.8 Å². The van der Waals surface area contributed by atoms with Crippen molar-refractivity contribution in [2.45, 2.75) is 19.9 Å². The summed E-state index contributed by atoms with van der Waals surface area (Å²) in [5.41, 5.74) is -0.757. The van der Waals surface area contributed by atoms with Crippen molar-refractivity contribution in [2.24, 2.45) is 0 Å². The normalized spacial score (nSPS) is 11.5. The Balaban J connectivity index is 3.31. The standard InChI is InChI=1S/C12H12FN3O3/c1-7-4-9(16(18)19)5-10(11(7)13)12(17)15(3)8(2)6-14/h4-5,8H,1-3H3. The van der Waals surface area contributed by atoms with Crippen LogP contribution in [0.25, 0.3) is 0 Å². The molecule has 1 atom stereocenters. The maximum atomic E-state index is 13.9. The first kappa shape index (κ1) is 14.6. The van der Waals surface area contributed by atoms with Gasteiger partial charge in [-0.3, -0.25) is 14.9 Å². The molecule has 0 aliphatic carbocycles. The molecule has 0 aliphatic heterocycles. The van der Waals surface area contributed by atoms with Gasteiger partial charge in [0.25, 0.3) is 11.6 Å². The second kappa shape index (κ2) is 5.44. The van der Waals surface area contributed by atoms with Crippen LogP contribution in [0.2, 0.25) is 0 Å². The number of carbonyl (C=O) groups excluding carboxylic acids is 1. The Morgan fingerprint density at radius 1 is 1.58 bits per heavy atom. The Hall–Kier alpha value is -2.49. The summed E-state index contributed by atoms with van der Waals surface area (Å²) in [5.74, 6) is -1.58. The summed E-state index contributed by atoms with van der Waals surface area (Å²) in [5, 5.41) is 19.4. The third-order valence-electron chi connectivity index (χ3n) is 2.77. The van der Waals surface area contributed by atoms with Crippen molar-refractivity contribution < 1.29 is 14.1 Å². The fourth-order valence-corrected chi connectivity index (χ4v) is 1.46. The lowest BCUT2D eigenvalue weighted by molar-refractivity contribution is -0.385. The second-order valence-corrected chi connectivity index (χ2v) is 4.10. The SMILES string of the molecule is Cc1cc([N+](=O)[O-])cc(C(=O)N(C)C(C)C#N)c1F. The summed E-state index contributed by atoms with van der Waals surface area (Å²) in [7, 11) is 1.34. The van der Waals surface area contributed by atoms with Crippen molar-refractivity contribution in [3.63, 3.8) is 0 Å². The third-order valence-corrected chi connectivity index (χ3v) is 2.77. The fraction of sp³-hybridized carbons (Fsp3) is 0.333. The maximum absolute atomic E-state index is 13.9. The molecule has 0 heterocycles. The van der Waals surface area contributed by atoms with Crippen molar-refractivity contribution in [3.05, 3.63) is 39.2 Å². The first-order chi connectivity index (χ1) is 8.79. The lowest BCUT2D eigenvalue weighted by Crippen LogP contribution is -2.34. The average molecular weight is 265 g/mol. The molecule has 0 saturated heterocycles. The van der Waals surface area contributed by atoms with Gasteiger partial charge in [0, 0.05) is 19.2 Å². The smallest absolute Gasteiger partial charge is 0.270 e. The van der Waals surface area contributed by atoms with E-state index < -0.39 is 28.3 Å². The van der Waals surface area contributed by atoms with Gasteiger partial charge in [-0.2, -0.15) is 5.26 Å². The quantitative estimate of drug-likeness (QED) is 0.618. The van der Waals surface area contributed by atoms with Crippen molar-refractivity contribution in [2.75, 3.05) is 7.05 Å². The van der Waals surface area contributed by atoms with Gasteiger partial charge in [0.2, 0.25) is 0 Å². The number of non-ortho nitro benzene ring substituents is 1. The highest BCUT2D eigenvalue weighted by molar-refractivity contribution is 5.95. The topological polar surface area (TPSA) is 87.2 Å². The molecule has 100 valence electrons. The van der Waals surface area contributed by atoms with Crippen molar-refractivity contribution in [1.82, 2.24) is 4.90 Å². The van der Waals surface area contributed by atoms with Crippen LogP contribution in [0.5, 0.6) is 0 Å². The number of nitrogens with zero attached hydrogens (tertiary/aromatic N) is 3. The summed E-state index contributed by atoms with van der Waals surface area (Å²) >= 11 is 0. The molecule has 1 aromatic rings. The number of hydrogen-bond acceptors (Lipinski definition) is 4. The summed E-state index contributed by atoms with van der Waals surface area (Å²) in [6.07, 6.45) is 0. The van der Waals surface area contributed by atoms with Gasteiger partial charge in [-0.25, -0.2) is 4.39 Å². The molecule has 1 amide bonds. The number of nitro benzene ring substituents is 1. The minimum atomic E-state index is -0.812. The van der Waals surface area contributed by atoms with E-state index in [-0.39, 0.29) is 11.3 Å². The first-order valence-electron chi connectivity index (χ1n) is 5.41. The molecule has 1 aromatic carbocycles. The van der Waals surface area contributed by atoms with Crippen LogP contribution in [-0.4, -0.2) is 28.8 Å². The number of benzene rings is 1. The molecule has 0 aromatic heterocycles. The number of hydrogen-bond donors (Lipinski definition) is 0. The largest absolute Gasteiger partial charge is 0.326 e. The number of halogens is 1. The highest BCUT2D eigenvalue weighted by Gasteiger charge is 2.24. The van der Waals surface area contributed by atoms with Gasteiger partial charge in [-0.15, -0.1) is 0 Å². The molecule has 0 spiro atoms. The first-order valence-corrected chi connectivity index (χ1v) is 5.41. The zero-order valence-corrected chi connectivity index (χ0v) is 10.7. The molecule has 0 bridgehead atoms. The van der Waals surface area contributed by atoms with Gasteiger partial charge in [-0.1, -0.05) is 0 Å². The van der Waals surface area contributed by atoms with E-state index in [9.17, 15) is 19.3 Å². The zero-order chi connectivity index (χ0) is 14.7. The molecular formula is C12H12FN3O3. The minimum absolute atomic E-state index is 0.00978. The Morgan fingerprint density at radius 3 is 2.63 bits per heavy atom. The molecule has 0 fully saturated rings. The van der Waals surface area contributed by atoms with Gasteiger partial charge < -0.3 is 4.90 Å². The Kier molecular flexibility index (Phi) is 4.17. The van der Waals surface area contributed by atoms with Crippen LogP contribution in [0.3, 0.4) is 0 Å². The van der Waals surface area contributed by atoms with Crippen molar-refractivity contribution >= 4 is 11.6 Å². The molecule has 0 aliphatic rings. The number of rotatable bonds is 3. The number of aryl methyl sites for hydroxylation is 1. The molecular weight excluding hydrogens is 253 g/mol. The number of nitro groups is 1. The molecule has 1 rings (SSSR count). The Bertz CT molecular complexity index is 580. The zero-order valence-electron chi connectivity index (χ0n) is 10.7. The molecule has 0 saturated carbocycles. The van der Waals surface area contributed by atoms with Crippen LogP contribution in [0.4, 0.5) is 10.1 Å². The van der Waals surface area contributed by atoms with Crippen molar-refractivity contribution in [1.29, 1.82) is 5.26 Å². The highest BCUT2D eigenvalue weighted by atomic mass is 19.1. The number of amides is 1. The van der Waals surface area contributed by atoms with E-state index in [1.165, 1.54) is 20.9 Å². The van der Waals surface area contributed by atoms with Crippen LogP contribution in [-0.2, 0) is 0 Å². The van der Waals surface area contributed by atoms with Crippen LogP contribution in [0, 0.1) is 34.2 Å². The minimum Gasteiger partial charge on any atom is -0.326 e. The number of carbonyl (C=O) groups is 1. The van der Waals surface area contributed by atoms with Crippen LogP contribution >= 0.6 is 0 Å². The Morgan fingerprint density at radius 2 is 2.16 bits per heavy atom. The monoisotopic (exact) mass is 265 g/mol. The van der Waals surface area contributed by atoms with E-state index in [0.29, 0.717) is 0 Å². The summed E-state index contributed by atoms with van der Waals surface area (Å²) < 4.78 is 13.9. The van der Waals surface area contributed by atoms with Gasteiger partial charge in [0.15, 0.2) is 0 Å². The molecule has 0 radical (unpaired) electrons. The average Bonchev–Trinajstić information content (AvgIpc) is 2.38. The van der Waals surface area contributed by atoms with E-state index in [1.807, 2.05) is 6.07 Å². The maximum Gasteiger partial charge on any atom is 0.270 e. The van der Waals surface area contributed by atoms with E-state index in [0.717, 1.165) is 17.0 Å². The van der Waals surface area contributed by atoms with E-state index in [1.54, 1.807) is 0 Å². The molecule has 19 heavy (non-hydrogen) atoms. The predicted octanol–water partition coefficient (Wildman–Crippen LogP) is 2.03. The van der Waals surface area contributed by atoms with Gasteiger partial charge >= 0.3 is 0 Å². The highest BCUT2D eigenvalue weighted by Crippen LogP contribution is 2.22. The van der Waals surface area contributed by atoms with Gasteiger partial charge in [0.05, 0.1) is 16.6 Å². The second-order valence-electron chi connectivity index (χ2n) is 4.10. The molecule has 0 N–H and O–H groups in total. The lowest BCUT2D eigenvalue weighted by atomic mass is 10.1. The molecule has 6 nitrogen and oxygen atoms in total. The van der Waals surface area contributed by atoms with Gasteiger partial charge in [0.1, 0.15) is 11.9 Å². The third kappa shape index (κ3) is 2.85. The van der Waals surface area contributed by atoms with Gasteiger partial charge in [-0.05, 0) is 19.4 Å². The van der Waals surface area contributed by atoms with E-state index in [4.69, 9.17) is 5.26 Å². The lowest BCUT2D eigenvalue weighted by Gasteiger charge is -2.19. The van der Waals surface area contributed by atoms with E-state index >= 15 is 0 Å². The van der Waals surface area contributed by atoms with Crippen molar-refractivity contribution in [3.8, 4) is 6.07 Å². The van der Waals surface area contributed by atoms with E-state index in [2.05, 4.69) is 0 Å². The molecule has 7 heteroatoms. The molecule has 1 unspecified atom stereocenters. The van der Waals surface area contributed by atoms with Crippen LogP contribution in [0.15, 0.2) is 12.1 Å². The summed E-state index contributed by atoms with van der Waals surface area (Å²) in [4.78, 5) is 23.0. The summed E-state index contributed by atoms with van der Waals surface area (Å²) in [6, 6.07) is 3.01. The fourth-order valence-electron chi connectivity index (χ4n) is 1.46. The Labute approximate surface area is 109 Å². The van der Waals surface area contributed by atoms with Crippen LogP contribution < -0.4 is 0 Å². The predicted molar refractivity (Wildman–Crippen MR) is 65.0 cm³/mol.